The molecule has 0 saturated carbocycles. The van der Waals surface area contributed by atoms with Gasteiger partial charge in [0.15, 0.2) is 0 Å². The number of aliphatic hydroxyl groups is 1. The predicted molar refractivity (Wildman–Crippen MR) is 96.5 cm³/mol. The fourth-order valence-corrected chi connectivity index (χ4v) is 4.14. The van der Waals surface area contributed by atoms with Crippen LogP contribution in [0.4, 0.5) is 4.79 Å². The van der Waals surface area contributed by atoms with Crippen molar-refractivity contribution in [3.63, 3.8) is 0 Å². The third-order valence-corrected chi connectivity index (χ3v) is 5.35. The van der Waals surface area contributed by atoms with Crippen molar-refractivity contribution in [3.05, 3.63) is 35.2 Å². The van der Waals surface area contributed by atoms with Crippen LogP contribution in [-0.2, 0) is 11.2 Å². The molecule has 2 atom stereocenters. The zero-order chi connectivity index (χ0) is 16.9. The summed E-state index contributed by atoms with van der Waals surface area (Å²) in [6, 6.07) is 8.22. The molecule has 24 heavy (non-hydrogen) atoms. The number of nitrogens with one attached hydrogen (secondary N) is 1. The monoisotopic (exact) mass is 348 g/mol. The molecule has 1 saturated heterocycles. The van der Waals surface area contributed by atoms with Gasteiger partial charge in [-0.15, -0.1) is 11.3 Å². The first-order valence-electron chi connectivity index (χ1n) is 8.40. The number of amides is 2. The Morgan fingerprint density at radius 3 is 3.17 bits per heavy atom. The minimum absolute atomic E-state index is 0.0549. The minimum atomic E-state index is -0.441. The average Bonchev–Trinajstić information content (AvgIpc) is 2.98. The van der Waals surface area contributed by atoms with Crippen LogP contribution >= 0.6 is 11.3 Å². The third-order valence-electron chi connectivity index (χ3n) is 4.33. The second kappa shape index (κ2) is 7.96. The fraction of sp³-hybridized carbons (Fsp3) is 0.500. The van der Waals surface area contributed by atoms with Gasteiger partial charge in [-0.1, -0.05) is 18.2 Å². The van der Waals surface area contributed by atoms with Crippen LogP contribution in [0.2, 0.25) is 0 Å². The Morgan fingerprint density at radius 1 is 1.50 bits per heavy atom. The number of aliphatic hydroxyl groups excluding tert-OH is 1. The van der Waals surface area contributed by atoms with Crippen molar-refractivity contribution in [2.45, 2.75) is 31.9 Å². The highest BCUT2D eigenvalue weighted by atomic mass is 32.1. The maximum atomic E-state index is 12.5. The lowest BCUT2D eigenvalue weighted by Crippen LogP contribution is -2.53. The van der Waals surface area contributed by atoms with Crippen LogP contribution in [0.25, 0.3) is 10.1 Å². The molecule has 1 aliphatic rings. The Hall–Kier alpha value is -1.63. The van der Waals surface area contributed by atoms with Crippen molar-refractivity contribution in [2.75, 3.05) is 26.3 Å². The van der Waals surface area contributed by atoms with Gasteiger partial charge in [-0.05, 0) is 42.2 Å². The van der Waals surface area contributed by atoms with Gasteiger partial charge >= 0.3 is 6.03 Å². The smallest absolute Gasteiger partial charge is 0.317 e. The normalized spacial score (nSPS) is 19.4. The SMILES string of the molecule is C[C@H](O)C[C@H]1COCCN1C(=O)NCCc1csc2ccccc12. The highest BCUT2D eigenvalue weighted by Crippen LogP contribution is 2.25. The molecule has 3 rings (SSSR count). The van der Waals surface area contributed by atoms with Crippen LogP contribution < -0.4 is 5.32 Å². The van der Waals surface area contributed by atoms with Crippen molar-refractivity contribution in [2.24, 2.45) is 0 Å². The lowest BCUT2D eigenvalue weighted by molar-refractivity contribution is -0.00425. The fourth-order valence-electron chi connectivity index (χ4n) is 3.14. The summed E-state index contributed by atoms with van der Waals surface area (Å²) in [6.07, 6.45) is 0.924. The molecule has 2 N–H and O–H groups in total. The molecule has 2 aromatic rings. The molecule has 130 valence electrons. The number of morpholine rings is 1. The van der Waals surface area contributed by atoms with Crippen LogP contribution in [0.15, 0.2) is 29.6 Å². The molecule has 0 spiro atoms. The van der Waals surface area contributed by atoms with Crippen molar-refractivity contribution < 1.29 is 14.6 Å². The molecular weight excluding hydrogens is 324 g/mol. The van der Waals surface area contributed by atoms with Crippen molar-refractivity contribution in [1.82, 2.24) is 10.2 Å². The number of urea groups is 1. The van der Waals surface area contributed by atoms with Gasteiger partial charge in [0.2, 0.25) is 0 Å². The average molecular weight is 348 g/mol. The summed E-state index contributed by atoms with van der Waals surface area (Å²) >= 11 is 1.74. The lowest BCUT2D eigenvalue weighted by atomic mass is 10.1. The number of hydrogen-bond donors (Lipinski definition) is 2. The Labute approximate surface area is 146 Å². The summed E-state index contributed by atoms with van der Waals surface area (Å²) in [4.78, 5) is 14.3. The first-order valence-corrected chi connectivity index (χ1v) is 9.28. The number of rotatable bonds is 5. The van der Waals surface area contributed by atoms with Gasteiger partial charge in [0.05, 0.1) is 25.4 Å². The standard InChI is InChI=1S/C18H24N2O3S/c1-13(21)10-15-11-23-9-8-20(15)18(22)19-7-6-14-12-24-17-5-3-2-4-16(14)17/h2-5,12-13,15,21H,6-11H2,1H3,(H,19,22)/t13-,15-/m0/s1. The van der Waals surface area contributed by atoms with Crippen molar-refractivity contribution >= 4 is 27.5 Å². The first kappa shape index (κ1) is 17.2. The summed E-state index contributed by atoms with van der Waals surface area (Å²) in [5.41, 5.74) is 1.28. The molecule has 1 aromatic heterocycles. The number of benzene rings is 1. The minimum Gasteiger partial charge on any atom is -0.393 e. The topological polar surface area (TPSA) is 61.8 Å². The number of fused-ring (bicyclic) bond motifs is 1. The second-order valence-electron chi connectivity index (χ2n) is 6.25. The van der Waals surface area contributed by atoms with E-state index in [9.17, 15) is 9.90 Å². The van der Waals surface area contributed by atoms with Gasteiger partial charge in [-0.25, -0.2) is 4.79 Å². The van der Waals surface area contributed by atoms with E-state index in [-0.39, 0.29) is 12.1 Å². The van der Waals surface area contributed by atoms with Gasteiger partial charge < -0.3 is 20.1 Å². The van der Waals surface area contributed by atoms with E-state index in [2.05, 4.69) is 22.8 Å². The maximum Gasteiger partial charge on any atom is 0.317 e. The summed E-state index contributed by atoms with van der Waals surface area (Å²) in [6.45, 7) is 3.97. The molecule has 2 heterocycles. The van der Waals surface area contributed by atoms with Gasteiger partial charge in [-0.3, -0.25) is 0 Å². The van der Waals surface area contributed by atoms with E-state index in [1.807, 2.05) is 12.1 Å². The molecule has 0 radical (unpaired) electrons. The van der Waals surface area contributed by atoms with E-state index in [0.717, 1.165) is 6.42 Å². The molecule has 0 aliphatic carbocycles. The number of hydrogen-bond acceptors (Lipinski definition) is 4. The summed E-state index contributed by atoms with van der Waals surface area (Å²) in [7, 11) is 0. The van der Waals surface area contributed by atoms with Crippen molar-refractivity contribution in [1.29, 1.82) is 0 Å². The molecule has 0 unspecified atom stereocenters. The third kappa shape index (κ3) is 4.06. The van der Waals surface area contributed by atoms with Gasteiger partial charge in [-0.2, -0.15) is 0 Å². The number of ether oxygens (including phenoxy) is 1. The molecule has 2 amide bonds. The molecular formula is C18H24N2O3S. The number of carbonyl (C=O) groups excluding carboxylic acids is 1. The molecule has 0 bridgehead atoms. The summed E-state index contributed by atoms with van der Waals surface area (Å²) < 4.78 is 6.73. The Morgan fingerprint density at radius 2 is 2.33 bits per heavy atom. The molecule has 1 fully saturated rings. The van der Waals surface area contributed by atoms with E-state index in [4.69, 9.17) is 4.74 Å². The van der Waals surface area contributed by atoms with Crippen LogP contribution in [0, 0.1) is 0 Å². The van der Waals surface area contributed by atoms with E-state index < -0.39 is 6.10 Å². The highest BCUT2D eigenvalue weighted by Gasteiger charge is 2.28. The van der Waals surface area contributed by atoms with Gasteiger partial charge in [0.1, 0.15) is 0 Å². The molecule has 6 heteroatoms. The number of nitrogens with zero attached hydrogens (tertiary/aromatic N) is 1. The van der Waals surface area contributed by atoms with Crippen LogP contribution in [0.5, 0.6) is 0 Å². The zero-order valence-electron chi connectivity index (χ0n) is 13.9. The Bertz CT molecular complexity index is 686. The quantitative estimate of drug-likeness (QED) is 0.873. The zero-order valence-corrected chi connectivity index (χ0v) is 14.7. The van der Waals surface area contributed by atoms with E-state index in [0.29, 0.717) is 32.7 Å². The summed E-state index contributed by atoms with van der Waals surface area (Å²) in [5.74, 6) is 0. The lowest BCUT2D eigenvalue weighted by Gasteiger charge is -2.36. The van der Waals surface area contributed by atoms with Gasteiger partial charge in [0, 0.05) is 17.8 Å². The Kier molecular flexibility index (Phi) is 5.71. The maximum absolute atomic E-state index is 12.5. The summed E-state index contributed by atoms with van der Waals surface area (Å²) in [5, 5.41) is 16.0. The van der Waals surface area contributed by atoms with E-state index in [1.165, 1.54) is 15.6 Å². The predicted octanol–water partition coefficient (Wildman–Crippen LogP) is 2.63. The molecule has 5 nitrogen and oxygen atoms in total. The van der Waals surface area contributed by atoms with Crippen molar-refractivity contribution in [3.8, 4) is 0 Å². The van der Waals surface area contributed by atoms with Crippen LogP contribution in [-0.4, -0.2) is 54.5 Å². The van der Waals surface area contributed by atoms with Crippen LogP contribution in [0.1, 0.15) is 18.9 Å². The number of carbonyl (C=O) groups is 1. The van der Waals surface area contributed by atoms with E-state index in [1.54, 1.807) is 23.2 Å². The Balaban J connectivity index is 1.54. The van der Waals surface area contributed by atoms with Crippen LogP contribution in [0.3, 0.4) is 0 Å². The largest absolute Gasteiger partial charge is 0.393 e. The highest BCUT2D eigenvalue weighted by molar-refractivity contribution is 7.17. The second-order valence-corrected chi connectivity index (χ2v) is 7.16. The molecule has 1 aromatic carbocycles. The molecule has 1 aliphatic heterocycles. The van der Waals surface area contributed by atoms with Gasteiger partial charge in [0.25, 0.3) is 0 Å². The first-order chi connectivity index (χ1) is 11.6. The number of thiophene rings is 1. The van der Waals surface area contributed by atoms with E-state index >= 15 is 0 Å².